The van der Waals surface area contributed by atoms with Gasteiger partial charge in [-0.05, 0) is 40.3 Å². The summed E-state index contributed by atoms with van der Waals surface area (Å²) in [6.45, 7) is 0. The molecular weight excluding hydrogens is 299 g/mol. The van der Waals surface area contributed by atoms with Crippen molar-refractivity contribution in [2.45, 2.75) is 6.42 Å². The van der Waals surface area contributed by atoms with E-state index < -0.39 is 5.97 Å². The fourth-order valence-electron chi connectivity index (χ4n) is 2.34. The second-order valence-electron chi connectivity index (χ2n) is 4.94. The number of carbonyl (C=O) groups is 1. The van der Waals surface area contributed by atoms with Crippen molar-refractivity contribution in [1.82, 2.24) is 0 Å². The van der Waals surface area contributed by atoms with Gasteiger partial charge in [0.2, 0.25) is 0 Å². The Labute approximate surface area is 131 Å². The second-order valence-corrected chi connectivity index (χ2v) is 5.85. The molecule has 0 spiro atoms. The van der Waals surface area contributed by atoms with Gasteiger partial charge >= 0.3 is 5.97 Å². The summed E-state index contributed by atoms with van der Waals surface area (Å²) in [5, 5.41) is 10.8. The molecule has 0 amide bonds. The van der Waals surface area contributed by atoms with Crippen molar-refractivity contribution in [1.29, 1.82) is 0 Å². The van der Waals surface area contributed by atoms with Gasteiger partial charge in [0.05, 0.1) is 6.42 Å². The van der Waals surface area contributed by atoms with Gasteiger partial charge in [0, 0.05) is 10.4 Å². The van der Waals surface area contributed by atoms with Crippen molar-refractivity contribution >= 4 is 17.3 Å². The van der Waals surface area contributed by atoms with Gasteiger partial charge in [-0.25, -0.2) is 4.39 Å². The molecular formula is C18H13FO2S. The molecule has 4 heteroatoms. The molecule has 3 rings (SSSR count). The normalized spacial score (nSPS) is 10.6. The third kappa shape index (κ3) is 3.07. The molecule has 0 bridgehead atoms. The highest BCUT2D eigenvalue weighted by Crippen LogP contribution is 2.36. The average Bonchev–Trinajstić information content (AvgIpc) is 2.97. The lowest BCUT2D eigenvalue weighted by Gasteiger charge is -2.06. The Kier molecular flexibility index (Phi) is 4.02. The van der Waals surface area contributed by atoms with Crippen molar-refractivity contribution in [3.63, 3.8) is 0 Å². The largest absolute Gasteiger partial charge is 0.481 e. The first-order valence-electron chi connectivity index (χ1n) is 6.78. The van der Waals surface area contributed by atoms with Gasteiger partial charge in [0.1, 0.15) is 5.82 Å². The standard InChI is InChI=1S/C18H13FO2S/c19-15-7-5-14(6-8-15)18-16(9-10-22-18)13-3-1-12(2-4-13)11-17(20)21/h1-10H,11H2,(H,20,21). The Balaban J connectivity index is 1.94. The zero-order valence-electron chi connectivity index (χ0n) is 11.6. The van der Waals surface area contributed by atoms with E-state index in [4.69, 9.17) is 5.11 Å². The predicted octanol–water partition coefficient (Wildman–Crippen LogP) is 4.85. The summed E-state index contributed by atoms with van der Waals surface area (Å²) in [5.74, 6) is -1.09. The zero-order valence-corrected chi connectivity index (χ0v) is 12.4. The number of carboxylic acids is 1. The quantitative estimate of drug-likeness (QED) is 0.748. The fraction of sp³-hybridized carbons (Fsp3) is 0.0556. The van der Waals surface area contributed by atoms with Gasteiger partial charge < -0.3 is 5.11 Å². The first-order chi connectivity index (χ1) is 10.6. The van der Waals surface area contributed by atoms with Crippen molar-refractivity contribution in [3.8, 4) is 21.6 Å². The maximum Gasteiger partial charge on any atom is 0.307 e. The van der Waals surface area contributed by atoms with Crippen molar-refractivity contribution in [3.05, 3.63) is 71.4 Å². The van der Waals surface area contributed by atoms with E-state index in [1.807, 2.05) is 35.7 Å². The first kappa shape index (κ1) is 14.5. The number of hydrogen-bond acceptors (Lipinski definition) is 2. The highest BCUT2D eigenvalue weighted by Gasteiger charge is 2.10. The maximum atomic E-state index is 13.1. The molecule has 110 valence electrons. The Morgan fingerprint density at radius 1 is 0.955 bits per heavy atom. The Bertz CT molecular complexity index is 789. The van der Waals surface area contributed by atoms with Crippen LogP contribution in [0.3, 0.4) is 0 Å². The van der Waals surface area contributed by atoms with E-state index in [-0.39, 0.29) is 12.2 Å². The molecule has 1 aromatic heterocycles. The van der Waals surface area contributed by atoms with Crippen LogP contribution in [-0.4, -0.2) is 11.1 Å². The molecule has 22 heavy (non-hydrogen) atoms. The van der Waals surface area contributed by atoms with Gasteiger partial charge in [-0.15, -0.1) is 11.3 Å². The number of carboxylic acid groups (broad SMARTS) is 1. The van der Waals surface area contributed by atoms with Crippen LogP contribution in [0, 0.1) is 5.82 Å². The zero-order chi connectivity index (χ0) is 15.5. The Hall–Kier alpha value is -2.46. The highest BCUT2D eigenvalue weighted by molar-refractivity contribution is 7.14. The summed E-state index contributed by atoms with van der Waals surface area (Å²) in [5.41, 5.74) is 3.84. The molecule has 0 saturated heterocycles. The summed E-state index contributed by atoms with van der Waals surface area (Å²) in [4.78, 5) is 11.8. The number of thiophene rings is 1. The van der Waals surface area contributed by atoms with Crippen molar-refractivity contribution in [2.75, 3.05) is 0 Å². The molecule has 2 aromatic carbocycles. The Morgan fingerprint density at radius 2 is 1.59 bits per heavy atom. The highest BCUT2D eigenvalue weighted by atomic mass is 32.1. The third-order valence-electron chi connectivity index (χ3n) is 3.39. The van der Waals surface area contributed by atoms with Gasteiger partial charge in [0.15, 0.2) is 0 Å². The number of rotatable bonds is 4. The van der Waals surface area contributed by atoms with Crippen molar-refractivity contribution < 1.29 is 14.3 Å². The van der Waals surface area contributed by atoms with E-state index in [1.54, 1.807) is 23.5 Å². The van der Waals surface area contributed by atoms with Gasteiger partial charge in [0.25, 0.3) is 0 Å². The SMILES string of the molecule is O=C(O)Cc1ccc(-c2ccsc2-c2ccc(F)cc2)cc1. The number of halogens is 1. The van der Waals surface area contributed by atoms with Crippen LogP contribution < -0.4 is 0 Å². The van der Waals surface area contributed by atoms with Crippen LogP contribution >= 0.6 is 11.3 Å². The smallest absolute Gasteiger partial charge is 0.307 e. The molecule has 1 N–H and O–H groups in total. The molecule has 0 unspecified atom stereocenters. The molecule has 0 radical (unpaired) electrons. The minimum Gasteiger partial charge on any atom is -0.481 e. The van der Waals surface area contributed by atoms with Crippen LogP contribution in [0.4, 0.5) is 4.39 Å². The molecule has 0 atom stereocenters. The van der Waals surface area contributed by atoms with E-state index in [0.717, 1.165) is 27.1 Å². The molecule has 0 aliphatic rings. The number of aliphatic carboxylic acids is 1. The van der Waals surface area contributed by atoms with Gasteiger partial charge in [-0.2, -0.15) is 0 Å². The topological polar surface area (TPSA) is 37.3 Å². The van der Waals surface area contributed by atoms with Crippen molar-refractivity contribution in [2.24, 2.45) is 0 Å². The van der Waals surface area contributed by atoms with Gasteiger partial charge in [-0.3, -0.25) is 4.79 Å². The summed E-state index contributed by atoms with van der Waals surface area (Å²) >= 11 is 1.60. The molecule has 2 nitrogen and oxygen atoms in total. The molecule has 0 fully saturated rings. The van der Waals surface area contributed by atoms with Crippen LogP contribution in [0.2, 0.25) is 0 Å². The summed E-state index contributed by atoms with van der Waals surface area (Å²) < 4.78 is 13.1. The third-order valence-corrected chi connectivity index (χ3v) is 4.36. The van der Waals surface area contributed by atoms with Crippen LogP contribution in [-0.2, 0) is 11.2 Å². The molecule has 3 aromatic rings. The number of benzene rings is 2. The minimum atomic E-state index is -0.838. The molecule has 0 saturated carbocycles. The predicted molar refractivity (Wildman–Crippen MR) is 86.5 cm³/mol. The van der Waals surface area contributed by atoms with Crippen LogP contribution in [0.15, 0.2) is 60.0 Å². The molecule has 0 aliphatic carbocycles. The average molecular weight is 312 g/mol. The lowest BCUT2D eigenvalue weighted by atomic mass is 10.0. The van der Waals surface area contributed by atoms with Gasteiger partial charge in [-0.1, -0.05) is 36.4 Å². The second kappa shape index (κ2) is 6.12. The molecule has 0 aliphatic heterocycles. The fourth-order valence-corrected chi connectivity index (χ4v) is 3.26. The first-order valence-corrected chi connectivity index (χ1v) is 7.66. The van der Waals surface area contributed by atoms with E-state index >= 15 is 0 Å². The summed E-state index contributed by atoms with van der Waals surface area (Å²) in [6.07, 6.45) is 0.0226. The van der Waals surface area contributed by atoms with E-state index in [0.29, 0.717) is 0 Å². The minimum absolute atomic E-state index is 0.0226. The van der Waals surface area contributed by atoms with Crippen LogP contribution in [0.5, 0.6) is 0 Å². The maximum absolute atomic E-state index is 13.1. The van der Waals surface area contributed by atoms with Crippen LogP contribution in [0.1, 0.15) is 5.56 Å². The monoisotopic (exact) mass is 312 g/mol. The Morgan fingerprint density at radius 3 is 2.23 bits per heavy atom. The van der Waals surface area contributed by atoms with E-state index in [9.17, 15) is 9.18 Å². The van der Waals surface area contributed by atoms with Crippen LogP contribution in [0.25, 0.3) is 21.6 Å². The lowest BCUT2D eigenvalue weighted by Crippen LogP contribution is -1.99. The van der Waals surface area contributed by atoms with E-state index in [2.05, 4.69) is 0 Å². The number of hydrogen-bond donors (Lipinski definition) is 1. The summed E-state index contributed by atoms with van der Waals surface area (Å²) in [6, 6.07) is 16.0. The lowest BCUT2D eigenvalue weighted by molar-refractivity contribution is -0.136. The summed E-state index contributed by atoms with van der Waals surface area (Å²) in [7, 11) is 0. The van der Waals surface area contributed by atoms with E-state index in [1.165, 1.54) is 12.1 Å². The molecule has 1 heterocycles.